The van der Waals surface area contributed by atoms with Crippen molar-refractivity contribution in [1.82, 2.24) is 26.6 Å². The lowest BCUT2D eigenvalue weighted by atomic mass is 10.0. The van der Waals surface area contributed by atoms with Crippen LogP contribution in [0, 0.1) is 5.92 Å². The first-order chi connectivity index (χ1) is 16.9. The molecular formula is C22H35N5O8S. The van der Waals surface area contributed by atoms with Crippen LogP contribution in [-0.2, 0) is 24.0 Å². The molecule has 13 nitrogen and oxygen atoms in total. The molecule has 0 aliphatic carbocycles. The van der Waals surface area contributed by atoms with Crippen LogP contribution in [0.3, 0.4) is 0 Å². The van der Waals surface area contributed by atoms with E-state index in [1.54, 1.807) is 25.6 Å². The molecule has 0 aromatic rings. The number of unbranched alkanes of at least 4 members (excludes halogenated alkanes) is 1. The summed E-state index contributed by atoms with van der Waals surface area (Å²) in [6, 6.07) is -3.57. The van der Waals surface area contributed by atoms with Gasteiger partial charge in [-0.05, 0) is 25.7 Å². The minimum atomic E-state index is -1.63. The van der Waals surface area contributed by atoms with Gasteiger partial charge < -0.3 is 36.8 Å². The van der Waals surface area contributed by atoms with Crippen LogP contribution in [0.1, 0.15) is 52.9 Å². The third-order valence-electron chi connectivity index (χ3n) is 6.09. The Kier molecular flexibility index (Phi) is 10.8. The molecule has 5 amide bonds. The Bertz CT molecular complexity index is 869. The molecule has 0 aromatic heterocycles. The Hall–Kier alpha value is -3.03. The van der Waals surface area contributed by atoms with Crippen molar-refractivity contribution in [3.63, 3.8) is 0 Å². The molecule has 36 heavy (non-hydrogen) atoms. The van der Waals surface area contributed by atoms with E-state index in [1.807, 2.05) is 0 Å². The van der Waals surface area contributed by atoms with E-state index in [1.165, 1.54) is 6.92 Å². The number of carbonyl (C=O) groups excluding carboxylic acids is 4. The normalized spacial score (nSPS) is 23.0. The van der Waals surface area contributed by atoms with Gasteiger partial charge >= 0.3 is 18.0 Å². The van der Waals surface area contributed by atoms with Gasteiger partial charge in [0.2, 0.25) is 17.7 Å². The number of nitrogens with one attached hydrogen (secondary N) is 5. The first kappa shape index (κ1) is 29.2. The molecule has 0 aromatic carbocycles. The highest BCUT2D eigenvalue weighted by atomic mass is 32.2. The standard InChI is InChI=1S/C22H35N5O8S/c1-10(2)17(20(32)23-11(3)19(31)24-12(21(33)34)8-16(29)30)26-15(28)7-5-4-6-14-18-13(9-36-14)25-22(35)27-18/h10-14,17-18H,4-9H2,1-3H3,(H,23,32)(H,24,31)(H,26,28)(H,29,30)(H,33,34)(H2,25,27,35)/t11-,12?,13-,14-,17-,18-/m0/s1. The predicted octanol–water partition coefficient (Wildman–Crippen LogP) is -0.598. The maximum absolute atomic E-state index is 12.7. The fraction of sp³-hybridized carbons (Fsp3) is 0.727. The summed E-state index contributed by atoms with van der Waals surface area (Å²) in [6.45, 7) is 4.81. The average molecular weight is 530 g/mol. The van der Waals surface area contributed by atoms with Crippen LogP contribution < -0.4 is 26.6 Å². The topological polar surface area (TPSA) is 203 Å². The van der Waals surface area contributed by atoms with E-state index in [0.717, 1.165) is 18.6 Å². The first-order valence-corrected chi connectivity index (χ1v) is 13.0. The highest BCUT2D eigenvalue weighted by Gasteiger charge is 2.42. The summed E-state index contributed by atoms with van der Waals surface area (Å²) >= 11 is 1.80. The SMILES string of the molecule is CC(C)[C@H](NC(=O)CCCC[C@@H]1SC[C@@H]2NC(=O)N[C@@H]21)C(=O)N[C@@H](C)C(=O)NC(CC(=O)O)C(=O)O. The van der Waals surface area contributed by atoms with Crippen molar-refractivity contribution < 1.29 is 39.0 Å². The maximum Gasteiger partial charge on any atom is 0.326 e. The zero-order valence-electron chi connectivity index (χ0n) is 20.5. The zero-order chi connectivity index (χ0) is 27.0. The monoisotopic (exact) mass is 529 g/mol. The molecule has 0 radical (unpaired) electrons. The number of fused-ring (bicyclic) bond motifs is 1. The van der Waals surface area contributed by atoms with E-state index in [0.29, 0.717) is 11.7 Å². The zero-order valence-corrected chi connectivity index (χ0v) is 21.4. The summed E-state index contributed by atoms with van der Waals surface area (Å²) in [6.07, 6.45) is 1.69. The summed E-state index contributed by atoms with van der Waals surface area (Å²) in [4.78, 5) is 70.8. The molecule has 0 saturated carbocycles. The third-order valence-corrected chi connectivity index (χ3v) is 7.60. The van der Waals surface area contributed by atoms with Crippen LogP contribution in [0.4, 0.5) is 4.79 Å². The van der Waals surface area contributed by atoms with Crippen molar-refractivity contribution in [2.45, 2.75) is 88.3 Å². The number of carboxylic acid groups (broad SMARTS) is 2. The van der Waals surface area contributed by atoms with Crippen molar-refractivity contribution in [3.05, 3.63) is 0 Å². The number of aliphatic carboxylic acids is 2. The van der Waals surface area contributed by atoms with Gasteiger partial charge in [-0.15, -0.1) is 0 Å². The highest BCUT2D eigenvalue weighted by molar-refractivity contribution is 8.00. The van der Waals surface area contributed by atoms with E-state index < -0.39 is 48.3 Å². The molecule has 2 aliphatic heterocycles. The predicted molar refractivity (Wildman–Crippen MR) is 130 cm³/mol. The second-order valence-corrected chi connectivity index (χ2v) is 10.7. The maximum atomic E-state index is 12.7. The fourth-order valence-corrected chi connectivity index (χ4v) is 5.64. The van der Waals surface area contributed by atoms with E-state index in [2.05, 4.69) is 26.6 Å². The second-order valence-electron chi connectivity index (χ2n) is 9.38. The quantitative estimate of drug-likeness (QED) is 0.113. The molecule has 14 heteroatoms. The average Bonchev–Trinajstić information content (AvgIpc) is 3.32. The van der Waals surface area contributed by atoms with Crippen molar-refractivity contribution in [3.8, 4) is 0 Å². The molecule has 0 spiro atoms. The van der Waals surface area contributed by atoms with Gasteiger partial charge in [0.15, 0.2) is 0 Å². The minimum Gasteiger partial charge on any atom is -0.481 e. The van der Waals surface area contributed by atoms with E-state index in [-0.39, 0.29) is 36.4 Å². The smallest absolute Gasteiger partial charge is 0.326 e. The van der Waals surface area contributed by atoms with Crippen LogP contribution in [0.15, 0.2) is 0 Å². The Morgan fingerprint density at radius 3 is 2.31 bits per heavy atom. The Balaban J connectivity index is 1.77. The Morgan fingerprint density at radius 1 is 1.00 bits per heavy atom. The molecule has 0 bridgehead atoms. The lowest BCUT2D eigenvalue weighted by Gasteiger charge is -2.24. The van der Waals surface area contributed by atoms with E-state index in [9.17, 15) is 28.8 Å². The third kappa shape index (κ3) is 8.57. The molecule has 2 fully saturated rings. The molecule has 2 rings (SSSR count). The number of amides is 5. The second kappa shape index (κ2) is 13.3. The molecule has 202 valence electrons. The molecule has 2 aliphatic rings. The molecule has 7 N–H and O–H groups in total. The molecule has 2 heterocycles. The molecule has 6 atom stereocenters. The van der Waals surface area contributed by atoms with Gasteiger partial charge in [-0.1, -0.05) is 20.3 Å². The molecule has 2 saturated heterocycles. The van der Waals surface area contributed by atoms with Crippen LogP contribution in [0.25, 0.3) is 0 Å². The van der Waals surface area contributed by atoms with Gasteiger partial charge in [0.1, 0.15) is 18.1 Å². The lowest BCUT2D eigenvalue weighted by molar-refractivity contribution is -0.147. The van der Waals surface area contributed by atoms with E-state index >= 15 is 0 Å². The largest absolute Gasteiger partial charge is 0.481 e. The molecule has 1 unspecified atom stereocenters. The van der Waals surface area contributed by atoms with Gasteiger partial charge in [0.25, 0.3) is 0 Å². The van der Waals surface area contributed by atoms with Crippen LogP contribution in [0.5, 0.6) is 0 Å². The van der Waals surface area contributed by atoms with Crippen LogP contribution in [-0.4, -0.2) is 87.1 Å². The van der Waals surface area contributed by atoms with E-state index in [4.69, 9.17) is 10.2 Å². The van der Waals surface area contributed by atoms with Crippen molar-refractivity contribution in [1.29, 1.82) is 0 Å². The number of thioether (sulfide) groups is 1. The van der Waals surface area contributed by atoms with Crippen LogP contribution in [0.2, 0.25) is 0 Å². The van der Waals surface area contributed by atoms with Crippen molar-refractivity contribution in [2.75, 3.05) is 5.75 Å². The summed E-state index contributed by atoms with van der Waals surface area (Å²) < 4.78 is 0. The Morgan fingerprint density at radius 2 is 1.69 bits per heavy atom. The summed E-state index contributed by atoms with van der Waals surface area (Å²) in [5.74, 6) is -4.08. The fourth-order valence-electron chi connectivity index (χ4n) is 4.09. The van der Waals surface area contributed by atoms with Gasteiger partial charge in [0.05, 0.1) is 18.5 Å². The number of carboxylic acids is 2. The lowest BCUT2D eigenvalue weighted by Crippen LogP contribution is -2.56. The van der Waals surface area contributed by atoms with Gasteiger partial charge in [-0.25, -0.2) is 9.59 Å². The van der Waals surface area contributed by atoms with Crippen molar-refractivity contribution >= 4 is 47.5 Å². The number of rotatable bonds is 14. The van der Waals surface area contributed by atoms with Gasteiger partial charge in [-0.2, -0.15) is 11.8 Å². The highest BCUT2D eigenvalue weighted by Crippen LogP contribution is 2.33. The van der Waals surface area contributed by atoms with Crippen LogP contribution >= 0.6 is 11.8 Å². The van der Waals surface area contributed by atoms with Crippen molar-refractivity contribution in [2.24, 2.45) is 5.92 Å². The summed E-state index contributed by atoms with van der Waals surface area (Å²) in [5.41, 5.74) is 0. The van der Waals surface area contributed by atoms with Gasteiger partial charge in [0, 0.05) is 17.4 Å². The number of carbonyl (C=O) groups is 6. The minimum absolute atomic E-state index is 0.111. The summed E-state index contributed by atoms with van der Waals surface area (Å²) in [7, 11) is 0. The van der Waals surface area contributed by atoms with Gasteiger partial charge in [-0.3, -0.25) is 19.2 Å². The number of hydrogen-bond donors (Lipinski definition) is 7. The Labute approximate surface area is 213 Å². The molecular weight excluding hydrogens is 494 g/mol. The first-order valence-electron chi connectivity index (χ1n) is 11.9. The summed E-state index contributed by atoms with van der Waals surface area (Å²) in [5, 5.41) is 31.2. The number of hydrogen-bond acceptors (Lipinski definition) is 7. The number of urea groups is 1.